The first-order chi connectivity index (χ1) is 14.5. The van der Waals surface area contributed by atoms with E-state index >= 15 is 0 Å². The lowest BCUT2D eigenvalue weighted by atomic mass is 10.1. The van der Waals surface area contributed by atoms with Gasteiger partial charge in [0.25, 0.3) is 5.91 Å². The van der Waals surface area contributed by atoms with Gasteiger partial charge in [-0.05, 0) is 24.3 Å². The van der Waals surface area contributed by atoms with Crippen molar-refractivity contribution in [3.05, 3.63) is 41.0 Å². The topological polar surface area (TPSA) is 112 Å². The zero-order valence-electron chi connectivity index (χ0n) is 16.3. The minimum atomic E-state index is -0.350. The molecule has 0 saturated heterocycles. The number of benzene rings is 1. The lowest BCUT2D eigenvalue weighted by Crippen LogP contribution is -2.18. The number of furan rings is 1. The Morgan fingerprint density at radius 2 is 2.07 bits per heavy atom. The standard InChI is InChI=1S/C20H19N3O6S/c1-11(24)21-9-13-3-4-15(29-13)14-10-30-20(22-14)23-19(25)12-7-16(26-2)18-17(8-12)27-5-6-28-18/h3-4,7-8,10H,5-6,9H2,1-2H3,(H,21,24)(H,22,23,25). The Morgan fingerprint density at radius 1 is 1.23 bits per heavy atom. The molecule has 10 heteroatoms. The van der Waals surface area contributed by atoms with Gasteiger partial charge in [0.15, 0.2) is 22.4 Å². The molecule has 1 aromatic carbocycles. The second-order valence-corrected chi connectivity index (χ2v) is 7.23. The summed E-state index contributed by atoms with van der Waals surface area (Å²) in [4.78, 5) is 28.1. The quantitative estimate of drug-likeness (QED) is 0.619. The molecule has 1 aliphatic rings. The van der Waals surface area contributed by atoms with E-state index in [1.165, 1.54) is 25.4 Å². The molecule has 30 heavy (non-hydrogen) atoms. The first kappa shape index (κ1) is 19.8. The summed E-state index contributed by atoms with van der Waals surface area (Å²) in [6.07, 6.45) is 0. The third-order valence-corrected chi connectivity index (χ3v) is 5.00. The molecule has 9 nitrogen and oxygen atoms in total. The number of carbonyl (C=O) groups excluding carboxylic acids is 2. The Kier molecular flexibility index (Phi) is 5.57. The maximum atomic E-state index is 12.7. The van der Waals surface area contributed by atoms with E-state index in [4.69, 9.17) is 18.6 Å². The number of rotatable bonds is 6. The largest absolute Gasteiger partial charge is 0.493 e. The average Bonchev–Trinajstić information content (AvgIpc) is 3.40. The van der Waals surface area contributed by atoms with Gasteiger partial charge in [-0.2, -0.15) is 0 Å². The van der Waals surface area contributed by atoms with E-state index in [1.807, 2.05) is 0 Å². The van der Waals surface area contributed by atoms with Crippen molar-refractivity contribution in [2.45, 2.75) is 13.5 Å². The Hall–Kier alpha value is -3.53. The summed E-state index contributed by atoms with van der Waals surface area (Å²) in [5, 5.41) is 7.64. The molecule has 3 heterocycles. The molecule has 2 aromatic heterocycles. The molecule has 0 saturated carbocycles. The van der Waals surface area contributed by atoms with Crippen molar-refractivity contribution < 1.29 is 28.2 Å². The molecule has 156 valence electrons. The molecule has 4 rings (SSSR count). The lowest BCUT2D eigenvalue weighted by Gasteiger charge is -2.21. The highest BCUT2D eigenvalue weighted by molar-refractivity contribution is 7.14. The minimum Gasteiger partial charge on any atom is -0.493 e. The highest BCUT2D eigenvalue weighted by atomic mass is 32.1. The van der Waals surface area contributed by atoms with Crippen LogP contribution in [0.25, 0.3) is 11.5 Å². The van der Waals surface area contributed by atoms with Crippen molar-refractivity contribution in [1.29, 1.82) is 0 Å². The number of methoxy groups -OCH3 is 1. The minimum absolute atomic E-state index is 0.137. The van der Waals surface area contributed by atoms with Gasteiger partial charge in [0.2, 0.25) is 11.7 Å². The summed E-state index contributed by atoms with van der Waals surface area (Å²) in [7, 11) is 1.51. The molecule has 1 aliphatic heterocycles. The summed E-state index contributed by atoms with van der Waals surface area (Å²) in [6, 6.07) is 6.74. The molecule has 0 unspecified atom stereocenters. The van der Waals surface area contributed by atoms with Gasteiger partial charge < -0.3 is 23.9 Å². The smallest absolute Gasteiger partial charge is 0.257 e. The van der Waals surface area contributed by atoms with Gasteiger partial charge in [-0.25, -0.2) is 4.98 Å². The fraction of sp³-hybridized carbons (Fsp3) is 0.250. The molecule has 2 N–H and O–H groups in total. The van der Waals surface area contributed by atoms with Gasteiger partial charge in [-0.15, -0.1) is 11.3 Å². The number of hydrogen-bond acceptors (Lipinski definition) is 8. The predicted octanol–water partition coefficient (Wildman–Crippen LogP) is 3.07. The van der Waals surface area contributed by atoms with Crippen LogP contribution in [0.5, 0.6) is 17.2 Å². The highest BCUT2D eigenvalue weighted by Gasteiger charge is 2.21. The SMILES string of the molecule is COc1cc(C(=O)Nc2nc(-c3ccc(CNC(C)=O)o3)cs2)cc2c1OCCO2. The van der Waals surface area contributed by atoms with Gasteiger partial charge in [-0.1, -0.05) is 0 Å². The summed E-state index contributed by atoms with van der Waals surface area (Å²) in [5.74, 6) is 2.06. The predicted molar refractivity (Wildman–Crippen MR) is 109 cm³/mol. The zero-order valence-corrected chi connectivity index (χ0v) is 17.1. The number of anilines is 1. The Bertz CT molecular complexity index is 1070. The summed E-state index contributed by atoms with van der Waals surface area (Å²) >= 11 is 1.27. The van der Waals surface area contributed by atoms with Crippen molar-refractivity contribution in [2.24, 2.45) is 0 Å². The van der Waals surface area contributed by atoms with E-state index in [0.29, 0.717) is 64.9 Å². The highest BCUT2D eigenvalue weighted by Crippen LogP contribution is 2.40. The molecule has 0 fully saturated rings. The van der Waals surface area contributed by atoms with Crippen LogP contribution < -0.4 is 24.8 Å². The fourth-order valence-corrected chi connectivity index (χ4v) is 3.53. The number of hydrogen-bond donors (Lipinski definition) is 2. The molecule has 2 amide bonds. The second kappa shape index (κ2) is 8.46. The van der Waals surface area contributed by atoms with E-state index in [-0.39, 0.29) is 11.8 Å². The summed E-state index contributed by atoms with van der Waals surface area (Å²) < 4.78 is 22.1. The van der Waals surface area contributed by atoms with Gasteiger partial charge >= 0.3 is 0 Å². The van der Waals surface area contributed by atoms with Crippen molar-refractivity contribution in [3.63, 3.8) is 0 Å². The number of fused-ring (bicyclic) bond motifs is 1. The van der Waals surface area contributed by atoms with Gasteiger partial charge in [0.05, 0.1) is 13.7 Å². The second-order valence-electron chi connectivity index (χ2n) is 6.37. The average molecular weight is 429 g/mol. The Balaban J connectivity index is 1.47. The molecule has 0 atom stereocenters. The summed E-state index contributed by atoms with van der Waals surface area (Å²) in [5.41, 5.74) is 0.951. The van der Waals surface area contributed by atoms with Crippen LogP contribution in [0.15, 0.2) is 34.1 Å². The van der Waals surface area contributed by atoms with E-state index in [1.54, 1.807) is 29.6 Å². The van der Waals surface area contributed by atoms with Gasteiger partial charge in [0.1, 0.15) is 24.7 Å². The van der Waals surface area contributed by atoms with Crippen LogP contribution in [-0.2, 0) is 11.3 Å². The number of aromatic nitrogens is 1. The van der Waals surface area contributed by atoms with E-state index in [0.717, 1.165) is 0 Å². The van der Waals surface area contributed by atoms with Crippen LogP contribution in [0.2, 0.25) is 0 Å². The van der Waals surface area contributed by atoms with Gasteiger partial charge in [0, 0.05) is 17.9 Å². The Labute approximate surface area is 176 Å². The molecular weight excluding hydrogens is 410 g/mol. The maximum absolute atomic E-state index is 12.7. The van der Waals surface area contributed by atoms with Crippen LogP contribution >= 0.6 is 11.3 Å². The molecule has 0 aliphatic carbocycles. The number of amides is 2. The van der Waals surface area contributed by atoms with Crippen molar-refractivity contribution in [1.82, 2.24) is 10.3 Å². The third-order valence-electron chi connectivity index (χ3n) is 4.24. The van der Waals surface area contributed by atoms with Crippen LogP contribution in [0.4, 0.5) is 5.13 Å². The van der Waals surface area contributed by atoms with Crippen LogP contribution in [0.1, 0.15) is 23.0 Å². The first-order valence-corrected chi connectivity index (χ1v) is 9.99. The molecule has 0 spiro atoms. The number of nitrogens with zero attached hydrogens (tertiary/aromatic N) is 1. The molecule has 0 radical (unpaired) electrons. The zero-order chi connectivity index (χ0) is 21.1. The van der Waals surface area contributed by atoms with Crippen LogP contribution in [0.3, 0.4) is 0 Å². The number of ether oxygens (including phenoxy) is 3. The molecule has 3 aromatic rings. The summed E-state index contributed by atoms with van der Waals surface area (Å²) in [6.45, 7) is 2.58. The first-order valence-electron chi connectivity index (χ1n) is 9.11. The third kappa shape index (κ3) is 4.23. The number of carbonyl (C=O) groups is 2. The maximum Gasteiger partial charge on any atom is 0.257 e. The van der Waals surface area contributed by atoms with Crippen molar-refractivity contribution in [3.8, 4) is 28.7 Å². The van der Waals surface area contributed by atoms with Crippen LogP contribution in [-0.4, -0.2) is 37.1 Å². The van der Waals surface area contributed by atoms with Crippen molar-refractivity contribution >= 4 is 28.3 Å². The van der Waals surface area contributed by atoms with Gasteiger partial charge in [-0.3, -0.25) is 14.9 Å². The fourth-order valence-electron chi connectivity index (χ4n) is 2.84. The monoisotopic (exact) mass is 429 g/mol. The van der Waals surface area contributed by atoms with Crippen LogP contribution in [0, 0.1) is 0 Å². The lowest BCUT2D eigenvalue weighted by molar-refractivity contribution is -0.119. The normalized spacial score (nSPS) is 12.3. The molecular formula is C20H19N3O6S. The Morgan fingerprint density at radius 3 is 2.87 bits per heavy atom. The number of thiazole rings is 1. The van der Waals surface area contributed by atoms with E-state index in [2.05, 4.69) is 15.6 Å². The van der Waals surface area contributed by atoms with E-state index in [9.17, 15) is 9.59 Å². The molecule has 0 bridgehead atoms. The van der Waals surface area contributed by atoms with E-state index < -0.39 is 0 Å². The van der Waals surface area contributed by atoms with Crippen molar-refractivity contribution in [2.75, 3.05) is 25.6 Å². The number of nitrogens with one attached hydrogen (secondary N) is 2.